The molecule has 0 aliphatic rings. The molecule has 3 aromatic rings. The van der Waals surface area contributed by atoms with Gasteiger partial charge in [0.25, 0.3) is 5.91 Å². The molecule has 2 N–H and O–H groups in total. The molecule has 0 bridgehead atoms. The predicted molar refractivity (Wildman–Crippen MR) is 134 cm³/mol. The lowest BCUT2D eigenvalue weighted by Gasteiger charge is -2.15. The van der Waals surface area contributed by atoms with Gasteiger partial charge in [-0.05, 0) is 55.5 Å². The minimum atomic E-state index is -0.419. The lowest BCUT2D eigenvalue weighted by molar-refractivity contribution is -0.115. The third kappa shape index (κ3) is 6.35. The quantitative estimate of drug-likeness (QED) is 0.348. The van der Waals surface area contributed by atoms with Crippen molar-refractivity contribution < 1.29 is 19.1 Å². The highest BCUT2D eigenvalue weighted by Gasteiger charge is 2.19. The summed E-state index contributed by atoms with van der Waals surface area (Å²) in [5.74, 6) is 0.235. The lowest BCUT2D eigenvalue weighted by Crippen LogP contribution is -2.22. The predicted octanol–water partition coefficient (Wildman–Crippen LogP) is 6.38. The second kappa shape index (κ2) is 11.3. The first kappa shape index (κ1) is 24.8. The average Bonchev–Trinajstić information content (AvgIpc) is 2.80. The van der Waals surface area contributed by atoms with E-state index in [4.69, 9.17) is 32.7 Å². The fourth-order valence-corrected chi connectivity index (χ4v) is 4.38. The van der Waals surface area contributed by atoms with Gasteiger partial charge in [-0.2, -0.15) is 0 Å². The normalized spacial score (nSPS) is 11.4. The van der Waals surface area contributed by atoms with Gasteiger partial charge in [0.1, 0.15) is 17.1 Å². The maximum atomic E-state index is 12.9. The summed E-state index contributed by atoms with van der Waals surface area (Å²) < 4.78 is 10.6. The van der Waals surface area contributed by atoms with Crippen molar-refractivity contribution in [2.75, 3.05) is 24.9 Å². The fraction of sp³-hybridized carbons (Fsp3) is 0.167. The smallest absolute Gasteiger partial charge is 0.263 e. The van der Waals surface area contributed by atoms with Gasteiger partial charge in [0, 0.05) is 15.6 Å². The largest absolute Gasteiger partial charge is 0.496 e. The number of ether oxygens (including phenoxy) is 2. The molecule has 172 valence electrons. The molecule has 2 amide bonds. The SMILES string of the molecule is COc1cccc(OC)c1C(=O)Nc1cccc(SC(C)C(=O)Nc2ccc(Cl)cc2Cl)c1. The van der Waals surface area contributed by atoms with Gasteiger partial charge in [-0.25, -0.2) is 0 Å². The summed E-state index contributed by atoms with van der Waals surface area (Å²) in [7, 11) is 2.99. The maximum Gasteiger partial charge on any atom is 0.263 e. The number of hydrogen-bond acceptors (Lipinski definition) is 5. The highest BCUT2D eigenvalue weighted by molar-refractivity contribution is 8.00. The molecule has 3 rings (SSSR count). The second-order valence-electron chi connectivity index (χ2n) is 6.89. The zero-order chi connectivity index (χ0) is 24.0. The number of amides is 2. The van der Waals surface area contributed by atoms with Crippen LogP contribution >= 0.6 is 35.0 Å². The van der Waals surface area contributed by atoms with Crippen LogP contribution in [0, 0.1) is 0 Å². The second-order valence-corrected chi connectivity index (χ2v) is 9.15. The highest BCUT2D eigenvalue weighted by atomic mass is 35.5. The summed E-state index contributed by atoms with van der Waals surface area (Å²) in [6.07, 6.45) is 0. The Labute approximate surface area is 206 Å². The third-order valence-corrected chi connectivity index (χ3v) is 6.26. The molecule has 1 atom stereocenters. The summed E-state index contributed by atoms with van der Waals surface area (Å²) >= 11 is 13.4. The summed E-state index contributed by atoms with van der Waals surface area (Å²) in [5, 5.41) is 6.10. The van der Waals surface area contributed by atoms with Gasteiger partial charge in [0.15, 0.2) is 0 Å². The van der Waals surface area contributed by atoms with Crippen LogP contribution in [0.4, 0.5) is 11.4 Å². The molecule has 0 aliphatic heterocycles. The number of methoxy groups -OCH3 is 2. The van der Waals surface area contributed by atoms with Gasteiger partial charge < -0.3 is 20.1 Å². The van der Waals surface area contributed by atoms with Crippen molar-refractivity contribution in [2.45, 2.75) is 17.1 Å². The first-order chi connectivity index (χ1) is 15.8. The van der Waals surface area contributed by atoms with Crippen molar-refractivity contribution in [3.05, 3.63) is 76.3 Å². The van der Waals surface area contributed by atoms with E-state index in [1.807, 2.05) is 6.07 Å². The van der Waals surface area contributed by atoms with Gasteiger partial charge in [0.2, 0.25) is 5.91 Å². The van der Waals surface area contributed by atoms with Gasteiger partial charge in [-0.3, -0.25) is 9.59 Å². The highest BCUT2D eigenvalue weighted by Crippen LogP contribution is 2.31. The molecule has 0 radical (unpaired) electrons. The van der Waals surface area contributed by atoms with E-state index in [2.05, 4.69) is 10.6 Å². The maximum absolute atomic E-state index is 12.9. The van der Waals surface area contributed by atoms with Crippen molar-refractivity contribution in [2.24, 2.45) is 0 Å². The average molecular weight is 505 g/mol. The fourth-order valence-electron chi connectivity index (χ4n) is 3.00. The van der Waals surface area contributed by atoms with Crippen LogP contribution in [0.5, 0.6) is 11.5 Å². The number of anilines is 2. The molecule has 0 heterocycles. The molecule has 6 nitrogen and oxygen atoms in total. The molecule has 0 saturated heterocycles. The molecule has 9 heteroatoms. The molecule has 0 aromatic heterocycles. The number of thioether (sulfide) groups is 1. The monoisotopic (exact) mass is 504 g/mol. The van der Waals surface area contributed by atoms with Gasteiger partial charge in [-0.1, -0.05) is 35.3 Å². The van der Waals surface area contributed by atoms with Crippen LogP contribution in [0.15, 0.2) is 65.6 Å². The molecular weight excluding hydrogens is 483 g/mol. The van der Waals surface area contributed by atoms with E-state index in [0.29, 0.717) is 38.5 Å². The Morgan fingerprint density at radius 3 is 2.21 bits per heavy atom. The minimum Gasteiger partial charge on any atom is -0.496 e. The first-order valence-electron chi connectivity index (χ1n) is 9.87. The number of rotatable bonds is 8. The number of benzene rings is 3. The summed E-state index contributed by atoms with van der Waals surface area (Å²) in [5.41, 5.74) is 1.37. The summed E-state index contributed by atoms with van der Waals surface area (Å²) in [6, 6.07) is 17.2. The molecular formula is C24H22Cl2N2O4S. The Bertz CT molecular complexity index is 1150. The van der Waals surface area contributed by atoms with E-state index in [0.717, 1.165) is 4.90 Å². The number of carbonyl (C=O) groups is 2. The topological polar surface area (TPSA) is 76.7 Å². The van der Waals surface area contributed by atoms with E-state index in [-0.39, 0.29) is 11.8 Å². The van der Waals surface area contributed by atoms with Crippen LogP contribution in [0.3, 0.4) is 0 Å². The minimum absolute atomic E-state index is 0.211. The van der Waals surface area contributed by atoms with E-state index >= 15 is 0 Å². The molecule has 0 saturated carbocycles. The van der Waals surface area contributed by atoms with Crippen LogP contribution < -0.4 is 20.1 Å². The Balaban J connectivity index is 1.70. The van der Waals surface area contributed by atoms with Crippen molar-refractivity contribution in [1.82, 2.24) is 0 Å². The Morgan fingerprint density at radius 2 is 1.58 bits per heavy atom. The van der Waals surface area contributed by atoms with Crippen LogP contribution in [0.2, 0.25) is 10.0 Å². The summed E-state index contributed by atoms with van der Waals surface area (Å²) in [6.45, 7) is 1.79. The molecule has 33 heavy (non-hydrogen) atoms. The van der Waals surface area contributed by atoms with Gasteiger partial charge in [0.05, 0.1) is 30.2 Å². The van der Waals surface area contributed by atoms with Crippen LogP contribution in [-0.4, -0.2) is 31.3 Å². The molecule has 0 aliphatic carbocycles. The Hall–Kier alpha value is -2.87. The molecule has 0 fully saturated rings. The van der Waals surface area contributed by atoms with E-state index in [1.54, 1.807) is 61.5 Å². The lowest BCUT2D eigenvalue weighted by atomic mass is 10.1. The standard InChI is InChI=1S/C24H22Cl2N2O4S/c1-14(23(29)28-19-11-10-15(25)12-18(19)26)33-17-7-4-6-16(13-17)27-24(30)22-20(31-2)8-5-9-21(22)32-3/h4-14H,1-3H3,(H,27,30)(H,28,29). The number of nitrogens with one attached hydrogen (secondary N) is 2. The third-order valence-electron chi connectivity index (χ3n) is 4.62. The zero-order valence-electron chi connectivity index (χ0n) is 18.1. The van der Waals surface area contributed by atoms with Crippen LogP contribution in [-0.2, 0) is 4.79 Å². The van der Waals surface area contributed by atoms with Crippen LogP contribution in [0.25, 0.3) is 0 Å². The van der Waals surface area contributed by atoms with Gasteiger partial charge in [-0.15, -0.1) is 11.8 Å². The van der Waals surface area contributed by atoms with Crippen molar-refractivity contribution in [3.63, 3.8) is 0 Å². The van der Waals surface area contributed by atoms with E-state index in [9.17, 15) is 9.59 Å². The zero-order valence-corrected chi connectivity index (χ0v) is 20.5. The number of halogens is 2. The number of hydrogen-bond donors (Lipinski definition) is 2. The Kier molecular flexibility index (Phi) is 8.49. The van der Waals surface area contributed by atoms with Crippen molar-refractivity contribution in [3.8, 4) is 11.5 Å². The van der Waals surface area contributed by atoms with E-state index < -0.39 is 5.25 Å². The Morgan fingerprint density at radius 1 is 0.909 bits per heavy atom. The van der Waals surface area contributed by atoms with Crippen molar-refractivity contribution in [1.29, 1.82) is 0 Å². The van der Waals surface area contributed by atoms with Crippen molar-refractivity contribution >= 4 is 58.2 Å². The number of carbonyl (C=O) groups excluding carboxylic acids is 2. The first-order valence-corrected chi connectivity index (χ1v) is 11.5. The molecule has 0 spiro atoms. The summed E-state index contributed by atoms with van der Waals surface area (Å²) in [4.78, 5) is 26.3. The van der Waals surface area contributed by atoms with Crippen LogP contribution in [0.1, 0.15) is 17.3 Å². The van der Waals surface area contributed by atoms with E-state index in [1.165, 1.54) is 26.0 Å². The van der Waals surface area contributed by atoms with Gasteiger partial charge >= 0.3 is 0 Å². The molecule has 3 aromatic carbocycles. The molecule has 1 unspecified atom stereocenters.